The summed E-state index contributed by atoms with van der Waals surface area (Å²) in [6.07, 6.45) is 0. The molecule has 4 nitrogen and oxygen atoms in total. The Morgan fingerprint density at radius 2 is 2.11 bits per heavy atom. The van der Waals surface area contributed by atoms with Gasteiger partial charge in [-0.05, 0) is 39.0 Å². The molecule has 1 atom stereocenters. The predicted molar refractivity (Wildman–Crippen MR) is 75.3 cm³/mol. The van der Waals surface area contributed by atoms with Crippen molar-refractivity contribution in [1.82, 2.24) is 10.6 Å². The number of carbonyl (C=O) groups is 1. The van der Waals surface area contributed by atoms with Crippen molar-refractivity contribution in [2.24, 2.45) is 4.99 Å². The Morgan fingerprint density at radius 3 is 2.74 bits per heavy atom. The highest BCUT2D eigenvalue weighted by molar-refractivity contribution is 9.10. The third-order valence-electron chi connectivity index (χ3n) is 2.49. The van der Waals surface area contributed by atoms with Crippen molar-refractivity contribution in [3.63, 3.8) is 0 Å². The third-order valence-corrected chi connectivity index (χ3v) is 3.22. The van der Waals surface area contributed by atoms with E-state index in [0.29, 0.717) is 16.0 Å². The fourth-order valence-corrected chi connectivity index (χ4v) is 2.22. The van der Waals surface area contributed by atoms with Crippen LogP contribution >= 0.6 is 15.9 Å². The first-order chi connectivity index (χ1) is 8.76. The molecule has 19 heavy (non-hydrogen) atoms. The number of amides is 1. The number of aliphatic imine (C=N–C) groups is 1. The quantitative estimate of drug-likeness (QED) is 0.832. The van der Waals surface area contributed by atoms with Gasteiger partial charge in [-0.3, -0.25) is 10.1 Å². The van der Waals surface area contributed by atoms with Crippen LogP contribution in [0.4, 0.5) is 4.39 Å². The third kappa shape index (κ3) is 3.32. The Hall–Kier alpha value is -1.43. The number of nitrogens with zero attached hydrogens (tertiary/aromatic N) is 1. The van der Waals surface area contributed by atoms with E-state index in [0.717, 1.165) is 0 Å². The summed E-state index contributed by atoms with van der Waals surface area (Å²) in [5, 5.41) is 5.75. The fourth-order valence-electron chi connectivity index (χ4n) is 1.76. The molecule has 1 aromatic rings. The molecule has 0 fully saturated rings. The van der Waals surface area contributed by atoms with Crippen molar-refractivity contribution in [3.05, 3.63) is 34.1 Å². The van der Waals surface area contributed by atoms with Gasteiger partial charge >= 0.3 is 0 Å². The van der Waals surface area contributed by atoms with Crippen LogP contribution in [0.2, 0.25) is 0 Å². The standard InChI is InChI=1S/C13H15BrFN3O/c1-13(2,3)18-12-16-10(11(19)17-12)8-6-7(15)4-5-9(8)14/h4-6,10H,1-3H3,(H2,16,17,18,19). The summed E-state index contributed by atoms with van der Waals surface area (Å²) >= 11 is 3.31. The summed E-state index contributed by atoms with van der Waals surface area (Å²) in [6, 6.07) is 3.49. The first-order valence-electron chi connectivity index (χ1n) is 5.88. The van der Waals surface area contributed by atoms with Crippen LogP contribution in [-0.4, -0.2) is 17.4 Å². The monoisotopic (exact) mass is 327 g/mol. The molecule has 0 aromatic heterocycles. The number of carbonyl (C=O) groups excluding carboxylic acids is 1. The van der Waals surface area contributed by atoms with Gasteiger partial charge in [0, 0.05) is 15.6 Å². The van der Waals surface area contributed by atoms with Crippen LogP contribution in [0.25, 0.3) is 0 Å². The average Bonchev–Trinajstić information content (AvgIpc) is 2.60. The maximum atomic E-state index is 13.3. The van der Waals surface area contributed by atoms with E-state index in [9.17, 15) is 9.18 Å². The summed E-state index contributed by atoms with van der Waals surface area (Å²) in [7, 11) is 0. The van der Waals surface area contributed by atoms with Crippen molar-refractivity contribution < 1.29 is 9.18 Å². The smallest absolute Gasteiger partial charge is 0.256 e. The molecule has 1 aliphatic rings. The maximum absolute atomic E-state index is 13.3. The van der Waals surface area contributed by atoms with Crippen molar-refractivity contribution >= 4 is 27.8 Å². The highest BCUT2D eigenvalue weighted by Crippen LogP contribution is 2.29. The largest absolute Gasteiger partial charge is 0.351 e. The lowest BCUT2D eigenvalue weighted by atomic mass is 10.1. The molecule has 0 bridgehead atoms. The van der Waals surface area contributed by atoms with Crippen LogP contribution < -0.4 is 10.6 Å². The normalized spacial score (nSPS) is 19.1. The molecule has 1 aromatic carbocycles. The molecule has 0 saturated carbocycles. The van der Waals surface area contributed by atoms with E-state index in [2.05, 4.69) is 31.6 Å². The van der Waals surface area contributed by atoms with Gasteiger partial charge in [0.05, 0.1) is 0 Å². The number of nitrogens with one attached hydrogen (secondary N) is 2. The minimum absolute atomic E-state index is 0.208. The van der Waals surface area contributed by atoms with Gasteiger partial charge < -0.3 is 5.32 Å². The summed E-state index contributed by atoms with van der Waals surface area (Å²) in [4.78, 5) is 16.2. The zero-order chi connectivity index (χ0) is 14.2. The van der Waals surface area contributed by atoms with E-state index >= 15 is 0 Å². The molecule has 0 spiro atoms. The van der Waals surface area contributed by atoms with Gasteiger partial charge in [0.25, 0.3) is 5.91 Å². The molecule has 1 amide bonds. The van der Waals surface area contributed by atoms with Crippen molar-refractivity contribution in [2.75, 3.05) is 0 Å². The van der Waals surface area contributed by atoms with E-state index in [1.54, 1.807) is 6.07 Å². The molecule has 6 heteroatoms. The lowest BCUT2D eigenvalue weighted by Crippen LogP contribution is -2.46. The maximum Gasteiger partial charge on any atom is 0.256 e. The summed E-state index contributed by atoms with van der Waals surface area (Å²) < 4.78 is 13.9. The molecule has 1 unspecified atom stereocenters. The van der Waals surface area contributed by atoms with E-state index in [1.807, 2.05) is 20.8 Å². The first-order valence-corrected chi connectivity index (χ1v) is 6.67. The van der Waals surface area contributed by atoms with Crippen molar-refractivity contribution in [3.8, 4) is 0 Å². The van der Waals surface area contributed by atoms with Gasteiger partial charge in [-0.1, -0.05) is 15.9 Å². The zero-order valence-electron chi connectivity index (χ0n) is 10.9. The highest BCUT2D eigenvalue weighted by atomic mass is 79.9. The van der Waals surface area contributed by atoms with Crippen LogP contribution in [0.3, 0.4) is 0 Å². The van der Waals surface area contributed by atoms with Gasteiger partial charge in [-0.2, -0.15) is 0 Å². The summed E-state index contributed by atoms with van der Waals surface area (Å²) in [6.45, 7) is 5.90. The highest BCUT2D eigenvalue weighted by Gasteiger charge is 2.31. The summed E-state index contributed by atoms with van der Waals surface area (Å²) in [5.74, 6) is -0.241. The van der Waals surface area contributed by atoms with Crippen LogP contribution in [0.15, 0.2) is 27.7 Å². The molecule has 102 valence electrons. The minimum Gasteiger partial charge on any atom is -0.351 e. The van der Waals surface area contributed by atoms with E-state index in [4.69, 9.17) is 0 Å². The van der Waals surface area contributed by atoms with Gasteiger partial charge in [0.1, 0.15) is 5.82 Å². The number of halogens is 2. The number of benzene rings is 1. The van der Waals surface area contributed by atoms with Crippen LogP contribution in [0.5, 0.6) is 0 Å². The Balaban J connectivity index is 2.30. The lowest BCUT2D eigenvalue weighted by Gasteiger charge is -2.21. The van der Waals surface area contributed by atoms with Crippen LogP contribution in [0, 0.1) is 5.82 Å². The minimum atomic E-state index is -0.727. The van der Waals surface area contributed by atoms with Gasteiger partial charge in [0.15, 0.2) is 12.0 Å². The van der Waals surface area contributed by atoms with Gasteiger partial charge in [-0.25, -0.2) is 9.38 Å². The Kier molecular flexibility index (Phi) is 3.62. The number of rotatable bonds is 1. The molecule has 2 rings (SSSR count). The molecule has 1 aliphatic heterocycles. The second kappa shape index (κ2) is 4.92. The Morgan fingerprint density at radius 1 is 1.42 bits per heavy atom. The number of hydrogen-bond acceptors (Lipinski definition) is 3. The number of guanidine groups is 1. The lowest BCUT2D eigenvalue weighted by molar-refractivity contribution is -0.120. The van der Waals surface area contributed by atoms with Gasteiger partial charge in [-0.15, -0.1) is 0 Å². The Bertz CT molecular complexity index is 551. The molecule has 2 N–H and O–H groups in total. The predicted octanol–water partition coefficient (Wildman–Crippen LogP) is 2.50. The van der Waals surface area contributed by atoms with Gasteiger partial charge in [0.2, 0.25) is 0 Å². The van der Waals surface area contributed by atoms with E-state index in [-0.39, 0.29) is 11.4 Å². The second-order valence-corrected chi connectivity index (χ2v) is 6.26. The van der Waals surface area contributed by atoms with E-state index in [1.165, 1.54) is 12.1 Å². The first kappa shape index (κ1) is 14.0. The fraction of sp³-hybridized carbons (Fsp3) is 0.385. The second-order valence-electron chi connectivity index (χ2n) is 5.41. The van der Waals surface area contributed by atoms with Crippen molar-refractivity contribution in [2.45, 2.75) is 32.4 Å². The van der Waals surface area contributed by atoms with Crippen LogP contribution in [0.1, 0.15) is 32.4 Å². The van der Waals surface area contributed by atoms with Crippen molar-refractivity contribution in [1.29, 1.82) is 0 Å². The summed E-state index contributed by atoms with van der Waals surface area (Å²) in [5.41, 5.74) is 0.309. The van der Waals surface area contributed by atoms with E-state index < -0.39 is 11.9 Å². The molecular formula is C13H15BrFN3O. The average molecular weight is 328 g/mol. The number of hydrogen-bond donors (Lipinski definition) is 2. The molecular weight excluding hydrogens is 313 g/mol. The molecule has 1 heterocycles. The SMILES string of the molecule is CC(C)(C)NC1=NC(c2cc(F)ccc2Br)C(=O)N1. The molecule has 0 aliphatic carbocycles. The molecule has 0 saturated heterocycles. The molecule has 0 radical (unpaired) electrons. The topological polar surface area (TPSA) is 53.5 Å². The van der Waals surface area contributed by atoms with Crippen LogP contribution in [-0.2, 0) is 4.79 Å². The zero-order valence-corrected chi connectivity index (χ0v) is 12.5. The Labute approximate surface area is 119 Å².